The van der Waals surface area contributed by atoms with Crippen LogP contribution in [0.5, 0.6) is 0 Å². The largest absolute Gasteiger partial charge is 0.460 e. The molecule has 2 heterocycles. The van der Waals surface area contributed by atoms with Gasteiger partial charge in [-0.25, -0.2) is 0 Å². The number of rotatable bonds is 5. The molecule has 3 N–H and O–H groups in total. The molecule has 0 amide bonds. The molecular formula is C19H21N3O2. The Morgan fingerprint density at radius 1 is 1.29 bits per heavy atom. The highest BCUT2D eigenvalue weighted by atomic mass is 16.3. The van der Waals surface area contributed by atoms with E-state index in [2.05, 4.69) is 21.6 Å². The molecule has 4 rings (SSSR count). The molecule has 0 aliphatic heterocycles. The third-order valence-corrected chi connectivity index (χ3v) is 4.76. The van der Waals surface area contributed by atoms with Gasteiger partial charge in [-0.1, -0.05) is 24.3 Å². The van der Waals surface area contributed by atoms with Crippen molar-refractivity contribution in [3.05, 3.63) is 65.0 Å². The molecular weight excluding hydrogens is 302 g/mol. The van der Waals surface area contributed by atoms with Crippen LogP contribution < -0.4 is 5.32 Å². The first-order valence-electron chi connectivity index (χ1n) is 8.26. The third-order valence-electron chi connectivity index (χ3n) is 4.76. The summed E-state index contributed by atoms with van der Waals surface area (Å²) in [6.45, 7) is 3.06. The lowest BCUT2D eigenvalue weighted by Crippen LogP contribution is -2.36. The minimum atomic E-state index is -0.790. The average Bonchev–Trinajstić information content (AvgIpc) is 3.28. The van der Waals surface area contributed by atoms with Crippen LogP contribution >= 0.6 is 0 Å². The van der Waals surface area contributed by atoms with Gasteiger partial charge < -0.3 is 14.8 Å². The van der Waals surface area contributed by atoms with Crippen LogP contribution in [0.25, 0.3) is 11.5 Å². The maximum Gasteiger partial charge on any atom is 0.152 e. The molecule has 0 radical (unpaired) electrons. The van der Waals surface area contributed by atoms with Gasteiger partial charge in [0.05, 0.1) is 6.20 Å². The minimum absolute atomic E-state index is 0.520. The van der Waals surface area contributed by atoms with Crippen LogP contribution in [-0.2, 0) is 18.6 Å². The first kappa shape index (κ1) is 15.2. The van der Waals surface area contributed by atoms with E-state index in [0.717, 1.165) is 41.2 Å². The molecule has 1 aliphatic carbocycles. The quantitative estimate of drug-likeness (QED) is 0.675. The number of benzene rings is 1. The molecule has 0 fully saturated rings. The molecule has 1 atom stereocenters. The van der Waals surface area contributed by atoms with Crippen LogP contribution in [0, 0.1) is 6.92 Å². The molecule has 2 aromatic heterocycles. The summed E-state index contributed by atoms with van der Waals surface area (Å²) >= 11 is 0. The normalized spacial score (nSPS) is 19.6. The molecule has 0 saturated carbocycles. The number of H-pyrrole nitrogens is 1. The summed E-state index contributed by atoms with van der Waals surface area (Å²) in [7, 11) is 0. The van der Waals surface area contributed by atoms with Crippen molar-refractivity contribution in [2.24, 2.45) is 0 Å². The highest BCUT2D eigenvalue weighted by Gasteiger charge is 2.35. The van der Waals surface area contributed by atoms with Gasteiger partial charge in [-0.05, 0) is 43.0 Å². The molecule has 3 aromatic rings. The van der Waals surface area contributed by atoms with Crippen LogP contribution in [0.2, 0.25) is 0 Å². The zero-order valence-electron chi connectivity index (χ0n) is 13.7. The van der Waals surface area contributed by atoms with E-state index in [1.165, 1.54) is 5.56 Å². The number of furan rings is 1. The van der Waals surface area contributed by atoms with Crippen molar-refractivity contribution in [2.75, 3.05) is 6.54 Å². The van der Waals surface area contributed by atoms with Gasteiger partial charge in [-0.3, -0.25) is 5.10 Å². The fourth-order valence-corrected chi connectivity index (χ4v) is 3.48. The zero-order chi connectivity index (χ0) is 16.6. The van der Waals surface area contributed by atoms with Gasteiger partial charge in [0.15, 0.2) is 5.76 Å². The lowest BCUT2D eigenvalue weighted by atomic mass is 9.96. The van der Waals surface area contributed by atoms with Gasteiger partial charge in [-0.15, -0.1) is 0 Å². The lowest BCUT2D eigenvalue weighted by Gasteiger charge is -2.24. The van der Waals surface area contributed by atoms with Crippen molar-refractivity contribution in [1.29, 1.82) is 0 Å². The van der Waals surface area contributed by atoms with Crippen LogP contribution in [0.15, 0.2) is 47.0 Å². The second kappa shape index (κ2) is 5.92. The van der Waals surface area contributed by atoms with E-state index < -0.39 is 5.60 Å². The van der Waals surface area contributed by atoms with Crippen LogP contribution in [0.3, 0.4) is 0 Å². The van der Waals surface area contributed by atoms with E-state index in [0.29, 0.717) is 13.1 Å². The van der Waals surface area contributed by atoms with Gasteiger partial charge in [-0.2, -0.15) is 5.10 Å². The Bertz CT molecular complexity index is 852. The van der Waals surface area contributed by atoms with E-state index >= 15 is 0 Å². The molecule has 1 aromatic carbocycles. The van der Waals surface area contributed by atoms with Crippen molar-refractivity contribution in [3.8, 4) is 11.5 Å². The molecule has 24 heavy (non-hydrogen) atoms. The van der Waals surface area contributed by atoms with E-state index in [1.54, 1.807) is 6.20 Å². The fourth-order valence-electron chi connectivity index (χ4n) is 3.48. The van der Waals surface area contributed by atoms with E-state index in [1.807, 2.05) is 37.3 Å². The van der Waals surface area contributed by atoms with Crippen molar-refractivity contribution in [2.45, 2.75) is 31.9 Å². The van der Waals surface area contributed by atoms with Crippen molar-refractivity contribution in [3.63, 3.8) is 0 Å². The summed E-state index contributed by atoms with van der Waals surface area (Å²) in [4.78, 5) is 0. The Hall–Kier alpha value is -2.37. The smallest absolute Gasteiger partial charge is 0.152 e. The second-order valence-corrected chi connectivity index (χ2v) is 6.47. The number of nitrogens with one attached hydrogen (secondary N) is 2. The maximum atomic E-state index is 11.0. The first-order chi connectivity index (χ1) is 11.7. The van der Waals surface area contributed by atoms with E-state index in [4.69, 9.17) is 4.42 Å². The van der Waals surface area contributed by atoms with Gasteiger partial charge in [0.1, 0.15) is 17.1 Å². The zero-order valence-corrected chi connectivity index (χ0v) is 13.7. The summed E-state index contributed by atoms with van der Waals surface area (Å²) in [6.07, 6.45) is 3.48. The fraction of sp³-hybridized carbons (Fsp3) is 0.316. The molecule has 0 bridgehead atoms. The first-order valence-corrected chi connectivity index (χ1v) is 8.26. The third kappa shape index (κ3) is 2.66. The van der Waals surface area contributed by atoms with Crippen molar-refractivity contribution >= 4 is 0 Å². The predicted molar refractivity (Wildman–Crippen MR) is 91.4 cm³/mol. The lowest BCUT2D eigenvalue weighted by molar-refractivity contribution is 0.0384. The summed E-state index contributed by atoms with van der Waals surface area (Å²) < 4.78 is 5.67. The molecule has 0 saturated heterocycles. The highest BCUT2D eigenvalue weighted by molar-refractivity contribution is 5.56. The average molecular weight is 323 g/mol. The Morgan fingerprint density at radius 3 is 3.00 bits per heavy atom. The van der Waals surface area contributed by atoms with Crippen LogP contribution in [-0.4, -0.2) is 21.8 Å². The molecule has 1 unspecified atom stereocenters. The van der Waals surface area contributed by atoms with Crippen LogP contribution in [0.4, 0.5) is 0 Å². The van der Waals surface area contributed by atoms with Gasteiger partial charge >= 0.3 is 0 Å². The minimum Gasteiger partial charge on any atom is -0.460 e. The predicted octanol–water partition coefficient (Wildman–Crippen LogP) is 2.90. The van der Waals surface area contributed by atoms with Gasteiger partial charge in [0.25, 0.3) is 0 Å². The summed E-state index contributed by atoms with van der Waals surface area (Å²) in [5, 5.41) is 21.5. The molecule has 124 valence electrons. The number of aromatic nitrogens is 2. The second-order valence-electron chi connectivity index (χ2n) is 6.47. The Balaban J connectivity index is 1.45. The monoisotopic (exact) mass is 323 g/mol. The number of hydrogen-bond donors (Lipinski definition) is 3. The van der Waals surface area contributed by atoms with Gasteiger partial charge in [0.2, 0.25) is 0 Å². The standard InChI is InChI=1S/C19H21N3O2/c1-13-6-7-17(24-13)18-15(11-21-22-18)10-20-12-19(23)9-8-14-4-2-3-5-16(14)19/h2-7,11,20,23H,8-10,12H2,1H3,(H,21,22). The van der Waals surface area contributed by atoms with Crippen molar-refractivity contribution in [1.82, 2.24) is 15.5 Å². The topological polar surface area (TPSA) is 74.1 Å². The summed E-state index contributed by atoms with van der Waals surface area (Å²) in [5.41, 5.74) is 3.42. The number of aliphatic hydroxyl groups is 1. The molecule has 0 spiro atoms. The number of fused-ring (bicyclic) bond motifs is 1. The van der Waals surface area contributed by atoms with E-state index in [9.17, 15) is 5.11 Å². The highest BCUT2D eigenvalue weighted by Crippen LogP contribution is 2.36. The number of aromatic amines is 1. The van der Waals surface area contributed by atoms with Crippen molar-refractivity contribution < 1.29 is 9.52 Å². The van der Waals surface area contributed by atoms with E-state index in [-0.39, 0.29) is 0 Å². The number of aryl methyl sites for hydroxylation is 2. The maximum absolute atomic E-state index is 11.0. The SMILES string of the molecule is Cc1ccc(-c2[nH]ncc2CNCC2(O)CCc3ccccc32)o1. The molecule has 5 heteroatoms. The Labute approximate surface area is 140 Å². The Morgan fingerprint density at radius 2 is 2.17 bits per heavy atom. The summed E-state index contributed by atoms with van der Waals surface area (Å²) in [6, 6.07) is 12.0. The summed E-state index contributed by atoms with van der Waals surface area (Å²) in [5.74, 6) is 1.65. The molecule has 1 aliphatic rings. The van der Waals surface area contributed by atoms with Crippen LogP contribution in [0.1, 0.15) is 28.9 Å². The Kier molecular flexibility index (Phi) is 3.75. The van der Waals surface area contributed by atoms with Gasteiger partial charge in [0, 0.05) is 18.7 Å². The number of nitrogens with zero attached hydrogens (tertiary/aromatic N) is 1. The number of hydrogen-bond acceptors (Lipinski definition) is 4. The molecule has 5 nitrogen and oxygen atoms in total.